The first-order chi connectivity index (χ1) is 10.2. The van der Waals surface area contributed by atoms with Gasteiger partial charge in [0, 0.05) is 37.1 Å². The van der Waals surface area contributed by atoms with E-state index < -0.39 is 0 Å². The molecule has 3 rings (SSSR count). The van der Waals surface area contributed by atoms with Gasteiger partial charge < -0.3 is 0 Å². The molecule has 0 amide bonds. The van der Waals surface area contributed by atoms with Crippen molar-refractivity contribution in [2.45, 2.75) is 83.3 Å². The maximum Gasteiger partial charge on any atom is 0.149 e. The van der Waals surface area contributed by atoms with Crippen molar-refractivity contribution in [3.63, 3.8) is 0 Å². The lowest BCUT2D eigenvalue weighted by molar-refractivity contribution is -0.126. The van der Waals surface area contributed by atoms with Gasteiger partial charge in [-0.2, -0.15) is 0 Å². The highest BCUT2D eigenvalue weighted by Crippen LogP contribution is 2.33. The first-order valence-electron chi connectivity index (χ1n) is 9.23. The topological polar surface area (TPSA) is 23.6 Å². The molecule has 0 spiro atoms. The highest BCUT2D eigenvalue weighted by atomic mass is 16.1. The van der Waals surface area contributed by atoms with Crippen LogP contribution in [0.15, 0.2) is 0 Å². The van der Waals surface area contributed by atoms with Gasteiger partial charge in [-0.05, 0) is 39.0 Å². The Kier molecular flexibility index (Phi) is 5.00. The highest BCUT2D eigenvalue weighted by molar-refractivity contribution is 5.83. The van der Waals surface area contributed by atoms with Crippen molar-refractivity contribution in [2.24, 2.45) is 5.92 Å². The van der Waals surface area contributed by atoms with Crippen LogP contribution in [0.2, 0.25) is 0 Å². The summed E-state index contributed by atoms with van der Waals surface area (Å²) < 4.78 is 0. The van der Waals surface area contributed by atoms with Crippen LogP contribution in [0.4, 0.5) is 0 Å². The number of nitrogens with zero attached hydrogens (tertiary/aromatic N) is 2. The number of carbonyl (C=O) groups excluding carboxylic acids is 1. The van der Waals surface area contributed by atoms with Crippen molar-refractivity contribution in [3.05, 3.63) is 0 Å². The average Bonchev–Trinajstić information content (AvgIpc) is 2.89. The Morgan fingerprint density at radius 1 is 1.05 bits per heavy atom. The lowest BCUT2D eigenvalue weighted by Gasteiger charge is -2.46. The molecular formula is C18H32N2O. The number of hydrogen-bond donors (Lipinski definition) is 0. The maximum atomic E-state index is 12.6. The molecule has 3 atom stereocenters. The van der Waals surface area contributed by atoms with Gasteiger partial charge in [-0.15, -0.1) is 0 Å². The zero-order valence-electron chi connectivity index (χ0n) is 13.9. The normalized spacial score (nSPS) is 35.8. The average molecular weight is 292 g/mol. The lowest BCUT2D eigenvalue weighted by Crippen LogP contribution is -2.59. The third kappa shape index (κ3) is 3.19. The summed E-state index contributed by atoms with van der Waals surface area (Å²) in [6.45, 7) is 7.66. The van der Waals surface area contributed by atoms with Gasteiger partial charge in [0.1, 0.15) is 5.78 Å². The molecule has 2 saturated heterocycles. The lowest BCUT2D eigenvalue weighted by atomic mass is 9.85. The van der Waals surface area contributed by atoms with Crippen LogP contribution in [0.5, 0.6) is 0 Å². The Morgan fingerprint density at radius 2 is 1.81 bits per heavy atom. The fraction of sp³-hybridized carbons (Fsp3) is 0.944. The standard InChI is InChI=1S/C18H32N2O/c1-3-16-17-10-9-14(2)20(17)12-11-19(16)13-18(21)15-7-5-4-6-8-15/h14-17H,3-13H2,1-2H3. The zero-order chi connectivity index (χ0) is 14.8. The number of ketones is 1. The van der Waals surface area contributed by atoms with E-state index in [1.165, 1.54) is 45.1 Å². The number of rotatable bonds is 4. The molecule has 2 heterocycles. The first kappa shape index (κ1) is 15.5. The fourth-order valence-electron chi connectivity index (χ4n) is 5.00. The van der Waals surface area contributed by atoms with Gasteiger partial charge in [0.15, 0.2) is 0 Å². The predicted molar refractivity (Wildman–Crippen MR) is 86.4 cm³/mol. The second-order valence-electron chi connectivity index (χ2n) is 7.48. The molecule has 3 aliphatic rings. The molecule has 1 saturated carbocycles. The van der Waals surface area contributed by atoms with Crippen LogP contribution in [0, 0.1) is 5.92 Å². The number of hydrogen-bond acceptors (Lipinski definition) is 3. The summed E-state index contributed by atoms with van der Waals surface area (Å²) in [5.74, 6) is 0.907. The van der Waals surface area contributed by atoms with Gasteiger partial charge in [-0.3, -0.25) is 14.6 Å². The smallest absolute Gasteiger partial charge is 0.149 e. The van der Waals surface area contributed by atoms with Crippen molar-refractivity contribution in [3.8, 4) is 0 Å². The molecule has 0 aromatic rings. The summed E-state index contributed by atoms with van der Waals surface area (Å²) in [6, 6.07) is 2.06. The highest BCUT2D eigenvalue weighted by Gasteiger charge is 2.41. The third-order valence-electron chi connectivity index (χ3n) is 6.27. The van der Waals surface area contributed by atoms with Crippen LogP contribution in [-0.2, 0) is 4.79 Å². The molecule has 0 aromatic heterocycles. The van der Waals surface area contributed by atoms with Gasteiger partial charge in [0.25, 0.3) is 0 Å². The molecule has 0 N–H and O–H groups in total. The molecular weight excluding hydrogens is 260 g/mol. The fourth-order valence-corrected chi connectivity index (χ4v) is 5.00. The van der Waals surface area contributed by atoms with Gasteiger partial charge >= 0.3 is 0 Å². The summed E-state index contributed by atoms with van der Waals surface area (Å²) in [7, 11) is 0. The summed E-state index contributed by atoms with van der Waals surface area (Å²) in [5, 5.41) is 0. The van der Waals surface area contributed by atoms with E-state index in [4.69, 9.17) is 0 Å². The summed E-state index contributed by atoms with van der Waals surface area (Å²) in [5.41, 5.74) is 0. The van der Waals surface area contributed by atoms with Crippen LogP contribution in [0.3, 0.4) is 0 Å². The molecule has 2 aliphatic heterocycles. The van der Waals surface area contributed by atoms with Crippen molar-refractivity contribution in [1.82, 2.24) is 9.80 Å². The second kappa shape index (κ2) is 6.78. The second-order valence-corrected chi connectivity index (χ2v) is 7.48. The summed E-state index contributed by atoms with van der Waals surface area (Å²) in [4.78, 5) is 17.9. The number of fused-ring (bicyclic) bond motifs is 1. The minimum atomic E-state index is 0.372. The Labute approximate surface area is 130 Å². The predicted octanol–water partition coefficient (Wildman–Crippen LogP) is 3.08. The van der Waals surface area contributed by atoms with E-state index in [2.05, 4.69) is 23.6 Å². The van der Waals surface area contributed by atoms with E-state index in [1.54, 1.807) is 0 Å². The van der Waals surface area contributed by atoms with Gasteiger partial charge in [-0.25, -0.2) is 0 Å². The molecule has 3 nitrogen and oxygen atoms in total. The van der Waals surface area contributed by atoms with Gasteiger partial charge in [0.2, 0.25) is 0 Å². The summed E-state index contributed by atoms with van der Waals surface area (Å²) in [6.07, 6.45) is 10.0. The Bertz CT molecular complexity index is 364. The quantitative estimate of drug-likeness (QED) is 0.795. The number of carbonyl (C=O) groups is 1. The van der Waals surface area contributed by atoms with E-state index in [1.807, 2.05) is 0 Å². The molecule has 3 unspecified atom stereocenters. The van der Waals surface area contributed by atoms with E-state index in [-0.39, 0.29) is 0 Å². The third-order valence-corrected chi connectivity index (χ3v) is 6.27. The molecule has 3 fully saturated rings. The maximum absolute atomic E-state index is 12.6. The van der Waals surface area contributed by atoms with Gasteiger partial charge in [-0.1, -0.05) is 26.2 Å². The zero-order valence-corrected chi connectivity index (χ0v) is 13.9. The van der Waals surface area contributed by atoms with Crippen molar-refractivity contribution in [1.29, 1.82) is 0 Å². The van der Waals surface area contributed by atoms with Crippen LogP contribution < -0.4 is 0 Å². The van der Waals surface area contributed by atoms with Crippen LogP contribution >= 0.6 is 0 Å². The Hall–Kier alpha value is -0.410. The molecule has 120 valence electrons. The number of Topliss-reactive ketones (excluding diaryl/α,β-unsaturated/α-hetero) is 1. The van der Waals surface area contributed by atoms with Crippen molar-refractivity contribution >= 4 is 5.78 Å². The molecule has 1 aliphatic carbocycles. The minimum absolute atomic E-state index is 0.372. The van der Waals surface area contributed by atoms with E-state index in [0.29, 0.717) is 23.8 Å². The van der Waals surface area contributed by atoms with Gasteiger partial charge in [0.05, 0.1) is 6.54 Å². The van der Waals surface area contributed by atoms with Crippen molar-refractivity contribution in [2.75, 3.05) is 19.6 Å². The Morgan fingerprint density at radius 3 is 2.52 bits per heavy atom. The molecule has 3 heteroatoms. The first-order valence-corrected chi connectivity index (χ1v) is 9.23. The largest absolute Gasteiger partial charge is 0.298 e. The SMILES string of the molecule is CCC1C2CCC(C)N2CCN1CC(=O)C1CCCCC1. The Balaban J connectivity index is 1.60. The van der Waals surface area contributed by atoms with E-state index in [9.17, 15) is 4.79 Å². The monoisotopic (exact) mass is 292 g/mol. The summed E-state index contributed by atoms with van der Waals surface area (Å²) >= 11 is 0. The number of piperazine rings is 1. The van der Waals surface area contributed by atoms with E-state index in [0.717, 1.165) is 32.0 Å². The van der Waals surface area contributed by atoms with Crippen LogP contribution in [-0.4, -0.2) is 53.3 Å². The minimum Gasteiger partial charge on any atom is -0.298 e. The van der Waals surface area contributed by atoms with Crippen LogP contribution in [0.1, 0.15) is 65.2 Å². The molecule has 21 heavy (non-hydrogen) atoms. The molecule has 0 aromatic carbocycles. The van der Waals surface area contributed by atoms with Crippen molar-refractivity contribution < 1.29 is 4.79 Å². The molecule has 0 bridgehead atoms. The van der Waals surface area contributed by atoms with Crippen LogP contribution in [0.25, 0.3) is 0 Å². The van der Waals surface area contributed by atoms with E-state index >= 15 is 0 Å². The molecule has 0 radical (unpaired) electrons.